The van der Waals surface area contributed by atoms with Crippen molar-refractivity contribution in [1.29, 1.82) is 0 Å². The molecule has 0 bridgehead atoms. The Morgan fingerprint density at radius 1 is 1.20 bits per heavy atom. The summed E-state index contributed by atoms with van der Waals surface area (Å²) in [6.45, 7) is 1.70. The summed E-state index contributed by atoms with van der Waals surface area (Å²) in [7, 11) is 7.62. The number of nitrogens with one attached hydrogen (secondary N) is 1. The molecule has 0 saturated heterocycles. The largest absolute Gasteiger partial charge is 0.456 e. The van der Waals surface area contributed by atoms with Crippen LogP contribution in [0.3, 0.4) is 0 Å². The molecule has 2 heterocycles. The number of carbonyl (C=O) groups excluding carboxylic acids is 2. The predicted molar refractivity (Wildman–Crippen MR) is 141 cm³/mol. The number of nitrogens with zero attached hydrogens (tertiary/aromatic N) is 3. The summed E-state index contributed by atoms with van der Waals surface area (Å²) >= 11 is 1.61. The van der Waals surface area contributed by atoms with Gasteiger partial charge in [-0.25, -0.2) is 0 Å². The van der Waals surface area contributed by atoms with E-state index in [0.717, 1.165) is 53.0 Å². The molecule has 5 rings (SSSR count). The van der Waals surface area contributed by atoms with Crippen LogP contribution in [0, 0.1) is 0 Å². The van der Waals surface area contributed by atoms with Crippen LogP contribution in [-0.4, -0.2) is 72.6 Å². The van der Waals surface area contributed by atoms with Gasteiger partial charge in [-0.15, -0.1) is 11.8 Å². The van der Waals surface area contributed by atoms with E-state index in [9.17, 15) is 9.59 Å². The molecule has 1 N–H and O–H groups in total. The van der Waals surface area contributed by atoms with Crippen molar-refractivity contribution in [3.8, 4) is 11.5 Å². The van der Waals surface area contributed by atoms with Gasteiger partial charge < -0.3 is 19.9 Å². The minimum atomic E-state index is -0.451. The molecule has 0 radical (unpaired) electrons. The molecule has 1 aliphatic carbocycles. The highest BCUT2D eigenvalue weighted by molar-refractivity contribution is 8.02. The monoisotopic (exact) mass is 492 g/mol. The maximum atomic E-state index is 13.4. The number of carbonyl (C=O) groups is 2. The van der Waals surface area contributed by atoms with E-state index in [1.807, 2.05) is 68.5 Å². The van der Waals surface area contributed by atoms with E-state index in [2.05, 4.69) is 15.2 Å². The number of fused-ring (bicyclic) bond motifs is 4. The minimum absolute atomic E-state index is 0. The van der Waals surface area contributed by atoms with Crippen molar-refractivity contribution >= 4 is 34.3 Å². The third kappa shape index (κ3) is 4.25. The smallest absolute Gasteiger partial charge is 0.251 e. The molecule has 0 spiro atoms. The molecule has 1 aliphatic heterocycles. The van der Waals surface area contributed by atoms with Gasteiger partial charge in [-0.1, -0.05) is 12.1 Å². The number of hydrogen-bond donors (Lipinski definition) is 1. The Balaban J connectivity index is 0.00000304. The van der Waals surface area contributed by atoms with Crippen molar-refractivity contribution in [2.75, 3.05) is 41.3 Å². The first kappa shape index (κ1) is 23.6. The first-order chi connectivity index (χ1) is 16.8. The van der Waals surface area contributed by atoms with E-state index in [4.69, 9.17) is 4.74 Å². The number of pyridine rings is 1. The first-order valence-electron chi connectivity index (χ1n) is 11.8. The lowest BCUT2D eigenvalue weighted by Gasteiger charge is -2.23. The average molecular weight is 493 g/mol. The zero-order valence-electron chi connectivity index (χ0n) is 20.5. The van der Waals surface area contributed by atoms with Crippen LogP contribution in [0.15, 0.2) is 53.6 Å². The molecular formula is C27H32N4O3S. The Labute approximate surface area is 211 Å². The van der Waals surface area contributed by atoms with E-state index in [-0.39, 0.29) is 19.2 Å². The molecule has 8 heteroatoms. The maximum absolute atomic E-state index is 13.4. The highest BCUT2D eigenvalue weighted by atomic mass is 32.2. The van der Waals surface area contributed by atoms with Gasteiger partial charge in [0.05, 0.1) is 10.6 Å². The standard InChI is InChI=1S/C27H30N4O3S.H2/c1-28-25(32)20-8-5-7-17-15-18(9-10-19(17)20)34-22-11-12-29-23-21-16-27(21,35-24(22)23)26(33)31(4)14-6-13-30(2)3;/h5,7-12,15,21H,6,13-14,16H2,1-4H3,(H,28,32);1H. The SMILES string of the molecule is CNC(=O)c1cccc2cc(Oc3ccnc4c3SC3(C(=O)N(C)CCCN(C)C)CC43)ccc12.[HH]. The fraction of sp³-hybridized carbons (Fsp3) is 0.370. The summed E-state index contributed by atoms with van der Waals surface area (Å²) in [5.74, 6) is 1.61. The maximum Gasteiger partial charge on any atom is 0.251 e. The summed E-state index contributed by atoms with van der Waals surface area (Å²) < 4.78 is 5.86. The third-order valence-electron chi connectivity index (χ3n) is 6.78. The van der Waals surface area contributed by atoms with Gasteiger partial charge in [0.2, 0.25) is 5.91 Å². The van der Waals surface area contributed by atoms with Crippen LogP contribution in [0.25, 0.3) is 10.8 Å². The zero-order valence-corrected chi connectivity index (χ0v) is 21.3. The Bertz CT molecular complexity index is 1320. The summed E-state index contributed by atoms with van der Waals surface area (Å²) in [6, 6.07) is 13.2. The second kappa shape index (κ2) is 9.17. The normalized spacial score (nSPS) is 19.9. The second-order valence-electron chi connectivity index (χ2n) is 9.52. The lowest BCUT2D eigenvalue weighted by Crippen LogP contribution is -2.37. The van der Waals surface area contributed by atoms with Crippen molar-refractivity contribution in [2.24, 2.45) is 0 Å². The molecule has 2 aliphatic rings. The number of hydrogen-bond acceptors (Lipinski definition) is 6. The summed E-state index contributed by atoms with van der Waals surface area (Å²) in [5.41, 5.74) is 1.59. The van der Waals surface area contributed by atoms with Crippen LogP contribution in [0.2, 0.25) is 0 Å². The van der Waals surface area contributed by atoms with E-state index in [1.165, 1.54) is 0 Å². The molecule has 2 atom stereocenters. The lowest BCUT2D eigenvalue weighted by atomic mass is 10.0. The molecule has 2 unspecified atom stereocenters. The van der Waals surface area contributed by atoms with Gasteiger partial charge in [0.1, 0.15) is 16.2 Å². The number of benzene rings is 2. The lowest BCUT2D eigenvalue weighted by molar-refractivity contribution is -0.130. The molecule has 35 heavy (non-hydrogen) atoms. The molecule has 1 fully saturated rings. The molecule has 2 amide bonds. The van der Waals surface area contributed by atoms with Crippen LogP contribution < -0.4 is 10.1 Å². The van der Waals surface area contributed by atoms with Crippen molar-refractivity contribution < 1.29 is 15.8 Å². The Morgan fingerprint density at radius 3 is 2.80 bits per heavy atom. The van der Waals surface area contributed by atoms with Gasteiger partial charge in [0.25, 0.3) is 5.91 Å². The number of aromatic nitrogens is 1. The summed E-state index contributed by atoms with van der Waals surface area (Å²) in [4.78, 5) is 35.2. The van der Waals surface area contributed by atoms with E-state index >= 15 is 0 Å². The van der Waals surface area contributed by atoms with Crippen LogP contribution in [0.1, 0.15) is 36.2 Å². The fourth-order valence-corrected chi connectivity index (χ4v) is 6.47. The number of amides is 2. The highest BCUT2D eigenvalue weighted by Gasteiger charge is 2.68. The van der Waals surface area contributed by atoms with Crippen molar-refractivity contribution in [2.45, 2.75) is 28.4 Å². The molecule has 1 saturated carbocycles. The third-order valence-corrected chi connectivity index (χ3v) is 8.38. The average Bonchev–Trinajstić information content (AvgIpc) is 3.49. The first-order valence-corrected chi connectivity index (χ1v) is 12.7. The quantitative estimate of drug-likeness (QED) is 0.503. The molecule has 184 valence electrons. The zero-order chi connectivity index (χ0) is 24.7. The molecule has 7 nitrogen and oxygen atoms in total. The Morgan fingerprint density at radius 2 is 2.03 bits per heavy atom. The number of ether oxygens (including phenoxy) is 1. The van der Waals surface area contributed by atoms with Gasteiger partial charge in [-0.05, 0) is 68.5 Å². The van der Waals surface area contributed by atoms with Gasteiger partial charge in [-0.2, -0.15) is 0 Å². The predicted octanol–water partition coefficient (Wildman–Crippen LogP) is 4.37. The van der Waals surface area contributed by atoms with Gasteiger partial charge in [-0.3, -0.25) is 14.6 Å². The Kier molecular flexibility index (Phi) is 6.19. The van der Waals surface area contributed by atoms with Crippen LogP contribution in [-0.2, 0) is 4.79 Å². The molecule has 2 aromatic carbocycles. The fourth-order valence-electron chi connectivity index (χ4n) is 4.85. The van der Waals surface area contributed by atoms with E-state index < -0.39 is 4.75 Å². The van der Waals surface area contributed by atoms with E-state index in [0.29, 0.717) is 11.3 Å². The van der Waals surface area contributed by atoms with Gasteiger partial charge in [0, 0.05) is 45.8 Å². The highest BCUT2D eigenvalue weighted by Crippen LogP contribution is 2.71. The van der Waals surface area contributed by atoms with Crippen LogP contribution in [0.5, 0.6) is 11.5 Å². The van der Waals surface area contributed by atoms with Crippen molar-refractivity contribution in [1.82, 2.24) is 20.1 Å². The summed E-state index contributed by atoms with van der Waals surface area (Å²) in [5, 5.41) is 4.49. The summed E-state index contributed by atoms with van der Waals surface area (Å²) in [6.07, 6.45) is 3.54. The Hall–Kier alpha value is -3.10. The van der Waals surface area contributed by atoms with Crippen molar-refractivity contribution in [3.05, 3.63) is 59.9 Å². The topological polar surface area (TPSA) is 74.8 Å². The molecule has 3 aromatic rings. The minimum Gasteiger partial charge on any atom is -0.456 e. The second-order valence-corrected chi connectivity index (χ2v) is 10.9. The van der Waals surface area contributed by atoms with Crippen LogP contribution >= 0.6 is 11.8 Å². The van der Waals surface area contributed by atoms with E-state index in [1.54, 1.807) is 25.0 Å². The van der Waals surface area contributed by atoms with Crippen LogP contribution in [0.4, 0.5) is 0 Å². The molecule has 1 aromatic heterocycles. The molecular weight excluding hydrogens is 460 g/mol. The number of thioether (sulfide) groups is 1. The van der Waals surface area contributed by atoms with Gasteiger partial charge in [0.15, 0.2) is 0 Å². The van der Waals surface area contributed by atoms with Gasteiger partial charge >= 0.3 is 0 Å². The number of rotatable bonds is 8. The van der Waals surface area contributed by atoms with Crippen molar-refractivity contribution in [3.63, 3.8) is 0 Å².